The van der Waals surface area contributed by atoms with Gasteiger partial charge in [-0.05, 0) is 30.2 Å². The fourth-order valence-corrected chi connectivity index (χ4v) is 1.47. The summed E-state index contributed by atoms with van der Waals surface area (Å²) in [6.45, 7) is 0.330. The summed E-state index contributed by atoms with van der Waals surface area (Å²) in [5.41, 5.74) is 1.36. The number of alkyl halides is 1. The van der Waals surface area contributed by atoms with Crippen molar-refractivity contribution in [1.29, 1.82) is 5.41 Å². The Hall–Kier alpha value is -1.35. The highest BCUT2D eigenvalue weighted by molar-refractivity contribution is 6.19. The zero-order chi connectivity index (χ0) is 12.5. The lowest BCUT2D eigenvalue weighted by Crippen LogP contribution is -1.94. The van der Waals surface area contributed by atoms with Crippen LogP contribution in [0.2, 0.25) is 0 Å². The van der Waals surface area contributed by atoms with E-state index in [1.54, 1.807) is 18.2 Å². The van der Waals surface area contributed by atoms with Crippen molar-refractivity contribution in [3.8, 4) is 0 Å². The average molecular weight is 256 g/mol. The van der Waals surface area contributed by atoms with E-state index in [1.165, 1.54) is 18.4 Å². The molecule has 92 valence electrons. The third-order valence-corrected chi connectivity index (χ3v) is 2.28. The Bertz CT molecular complexity index is 393. The molecule has 4 heteroatoms. The maximum atomic E-state index is 12.8. The van der Waals surface area contributed by atoms with Crippen LogP contribution in [0.4, 0.5) is 4.39 Å². The first-order valence-corrected chi connectivity index (χ1v) is 5.89. The SMILES string of the molecule is N=C(C/C=C/OCc1cccc(F)c1)CCCl. The van der Waals surface area contributed by atoms with Crippen molar-refractivity contribution in [2.45, 2.75) is 19.4 Å². The maximum Gasteiger partial charge on any atom is 0.123 e. The van der Waals surface area contributed by atoms with Crippen LogP contribution < -0.4 is 0 Å². The van der Waals surface area contributed by atoms with Crippen LogP contribution in [0.15, 0.2) is 36.6 Å². The van der Waals surface area contributed by atoms with Gasteiger partial charge in [0.05, 0.1) is 6.26 Å². The normalized spacial score (nSPS) is 10.7. The van der Waals surface area contributed by atoms with E-state index in [0.29, 0.717) is 31.0 Å². The highest BCUT2D eigenvalue weighted by atomic mass is 35.5. The molecule has 1 rings (SSSR count). The van der Waals surface area contributed by atoms with E-state index in [1.807, 2.05) is 0 Å². The van der Waals surface area contributed by atoms with E-state index in [9.17, 15) is 4.39 Å². The van der Waals surface area contributed by atoms with E-state index >= 15 is 0 Å². The topological polar surface area (TPSA) is 33.1 Å². The van der Waals surface area contributed by atoms with Gasteiger partial charge in [-0.25, -0.2) is 4.39 Å². The summed E-state index contributed by atoms with van der Waals surface area (Å²) < 4.78 is 18.0. The van der Waals surface area contributed by atoms with Gasteiger partial charge in [0, 0.05) is 18.0 Å². The summed E-state index contributed by atoms with van der Waals surface area (Å²) >= 11 is 5.50. The van der Waals surface area contributed by atoms with E-state index in [0.717, 1.165) is 5.56 Å². The van der Waals surface area contributed by atoms with Crippen molar-refractivity contribution >= 4 is 17.3 Å². The number of nitrogens with one attached hydrogen (secondary N) is 1. The number of ether oxygens (including phenoxy) is 1. The van der Waals surface area contributed by atoms with Crippen LogP contribution in [0.5, 0.6) is 0 Å². The van der Waals surface area contributed by atoms with E-state index in [4.69, 9.17) is 21.7 Å². The van der Waals surface area contributed by atoms with Gasteiger partial charge in [-0.3, -0.25) is 0 Å². The van der Waals surface area contributed by atoms with Crippen LogP contribution in [0.1, 0.15) is 18.4 Å². The monoisotopic (exact) mass is 255 g/mol. The van der Waals surface area contributed by atoms with Gasteiger partial charge in [-0.15, -0.1) is 11.6 Å². The highest BCUT2D eigenvalue weighted by Gasteiger charge is 1.94. The third-order valence-electron chi connectivity index (χ3n) is 2.09. The van der Waals surface area contributed by atoms with Gasteiger partial charge in [-0.1, -0.05) is 12.1 Å². The minimum Gasteiger partial charge on any atom is -0.497 e. The molecule has 0 unspecified atom stereocenters. The molecular weight excluding hydrogens is 241 g/mol. The molecule has 0 spiro atoms. The molecule has 0 heterocycles. The van der Waals surface area contributed by atoms with Crippen molar-refractivity contribution < 1.29 is 9.13 Å². The zero-order valence-electron chi connectivity index (χ0n) is 9.46. The summed E-state index contributed by atoms with van der Waals surface area (Å²) in [4.78, 5) is 0. The highest BCUT2D eigenvalue weighted by Crippen LogP contribution is 2.05. The van der Waals surface area contributed by atoms with Gasteiger partial charge in [0.25, 0.3) is 0 Å². The Kier molecular flexibility index (Phi) is 6.33. The second-order valence-corrected chi connectivity index (χ2v) is 3.94. The third kappa shape index (κ3) is 6.07. The van der Waals surface area contributed by atoms with E-state index < -0.39 is 0 Å². The van der Waals surface area contributed by atoms with Crippen molar-refractivity contribution in [2.24, 2.45) is 0 Å². The molecule has 0 fully saturated rings. The largest absolute Gasteiger partial charge is 0.497 e. The zero-order valence-corrected chi connectivity index (χ0v) is 10.2. The van der Waals surface area contributed by atoms with Crippen molar-refractivity contribution in [1.82, 2.24) is 0 Å². The van der Waals surface area contributed by atoms with Crippen LogP contribution in [0.25, 0.3) is 0 Å². The molecule has 0 saturated heterocycles. The Balaban J connectivity index is 2.23. The fraction of sp³-hybridized carbons (Fsp3) is 0.308. The number of halogens is 2. The summed E-state index contributed by atoms with van der Waals surface area (Å²) in [6.07, 6.45) is 4.42. The number of hydrogen-bond donors (Lipinski definition) is 1. The quantitative estimate of drug-likeness (QED) is 0.447. The lowest BCUT2D eigenvalue weighted by atomic mass is 10.2. The molecule has 1 aromatic carbocycles. The van der Waals surface area contributed by atoms with E-state index in [2.05, 4.69) is 0 Å². The lowest BCUT2D eigenvalue weighted by molar-refractivity contribution is 0.235. The first-order chi connectivity index (χ1) is 8.22. The first kappa shape index (κ1) is 13.7. The molecule has 0 atom stereocenters. The van der Waals surface area contributed by atoms with Gasteiger partial charge in [0.15, 0.2) is 0 Å². The van der Waals surface area contributed by atoms with Gasteiger partial charge >= 0.3 is 0 Å². The number of rotatable bonds is 7. The van der Waals surface area contributed by atoms with Crippen LogP contribution in [0.3, 0.4) is 0 Å². The lowest BCUT2D eigenvalue weighted by Gasteiger charge is -2.01. The number of benzene rings is 1. The molecule has 1 aromatic rings. The van der Waals surface area contributed by atoms with Crippen LogP contribution in [0, 0.1) is 11.2 Å². The number of allylic oxidation sites excluding steroid dienone is 1. The molecule has 2 nitrogen and oxygen atoms in total. The Morgan fingerprint density at radius 1 is 1.47 bits per heavy atom. The Morgan fingerprint density at radius 3 is 3.00 bits per heavy atom. The summed E-state index contributed by atoms with van der Waals surface area (Å²) in [7, 11) is 0. The second kappa shape index (κ2) is 7.85. The molecule has 0 aromatic heterocycles. The van der Waals surface area contributed by atoms with Crippen LogP contribution in [-0.4, -0.2) is 11.6 Å². The van der Waals surface area contributed by atoms with Gasteiger partial charge in [0.1, 0.15) is 12.4 Å². The molecular formula is C13H15ClFNO. The molecule has 0 saturated carbocycles. The maximum absolute atomic E-state index is 12.8. The van der Waals surface area contributed by atoms with Crippen molar-refractivity contribution in [3.05, 3.63) is 48.0 Å². The van der Waals surface area contributed by atoms with Gasteiger partial charge in [0.2, 0.25) is 0 Å². The standard InChI is InChI=1S/C13H15ClFNO/c14-7-6-13(16)5-2-8-17-10-11-3-1-4-12(15)9-11/h1-4,8-9,16H,5-7,10H2/b8-2+,16-13?. The first-order valence-electron chi connectivity index (χ1n) is 5.35. The van der Waals surface area contributed by atoms with Gasteiger partial charge in [-0.2, -0.15) is 0 Å². The number of hydrogen-bond acceptors (Lipinski definition) is 2. The van der Waals surface area contributed by atoms with Crippen molar-refractivity contribution in [2.75, 3.05) is 5.88 Å². The molecule has 17 heavy (non-hydrogen) atoms. The Labute approximate surface area is 106 Å². The molecule has 0 aliphatic carbocycles. The molecule has 0 aliphatic rings. The molecule has 0 bridgehead atoms. The van der Waals surface area contributed by atoms with E-state index in [-0.39, 0.29) is 5.82 Å². The minimum absolute atomic E-state index is 0.265. The summed E-state index contributed by atoms with van der Waals surface area (Å²) in [6, 6.07) is 6.27. The second-order valence-electron chi connectivity index (χ2n) is 3.56. The molecule has 1 N–H and O–H groups in total. The fourth-order valence-electron chi connectivity index (χ4n) is 1.25. The predicted octanol–water partition coefficient (Wildman–Crippen LogP) is 3.89. The summed E-state index contributed by atoms with van der Waals surface area (Å²) in [5, 5.41) is 7.48. The molecule has 0 aliphatic heterocycles. The Morgan fingerprint density at radius 2 is 2.29 bits per heavy atom. The van der Waals surface area contributed by atoms with Crippen molar-refractivity contribution in [3.63, 3.8) is 0 Å². The average Bonchev–Trinajstić information content (AvgIpc) is 2.29. The predicted molar refractivity (Wildman–Crippen MR) is 68.0 cm³/mol. The summed E-state index contributed by atoms with van der Waals surface area (Å²) in [5.74, 6) is 0.204. The molecule has 0 radical (unpaired) electrons. The smallest absolute Gasteiger partial charge is 0.123 e. The molecule has 0 amide bonds. The van der Waals surface area contributed by atoms with Crippen LogP contribution in [-0.2, 0) is 11.3 Å². The van der Waals surface area contributed by atoms with Crippen LogP contribution >= 0.6 is 11.6 Å². The minimum atomic E-state index is -0.265. The van der Waals surface area contributed by atoms with Gasteiger partial charge < -0.3 is 10.1 Å².